The highest BCUT2D eigenvalue weighted by Gasteiger charge is 2.25. The predicted molar refractivity (Wildman–Crippen MR) is 31.4 cm³/mol. The number of allylic oxidation sites excluding steroid dienone is 2. The van der Waals surface area contributed by atoms with Gasteiger partial charge >= 0.3 is 0 Å². The first-order chi connectivity index (χ1) is 4.25. The average molecular weight is 123 g/mol. The van der Waals surface area contributed by atoms with Crippen molar-refractivity contribution in [3.63, 3.8) is 0 Å². The minimum absolute atomic E-state index is 0.282. The van der Waals surface area contributed by atoms with Gasteiger partial charge in [-0.05, 0) is 12.2 Å². The van der Waals surface area contributed by atoms with Gasteiger partial charge in [-0.1, -0.05) is 0 Å². The van der Waals surface area contributed by atoms with Crippen LogP contribution in [-0.2, 0) is 9.59 Å². The van der Waals surface area contributed by atoms with E-state index in [1.807, 2.05) is 0 Å². The quantitative estimate of drug-likeness (QED) is 0.393. The van der Waals surface area contributed by atoms with Gasteiger partial charge in [0.25, 0.3) is 0 Å². The lowest BCUT2D eigenvalue weighted by Crippen LogP contribution is -2.15. The van der Waals surface area contributed by atoms with Gasteiger partial charge in [-0.2, -0.15) is 0 Å². The van der Waals surface area contributed by atoms with Crippen molar-refractivity contribution in [2.45, 2.75) is 0 Å². The maximum absolute atomic E-state index is 10.6. The van der Waals surface area contributed by atoms with E-state index in [1.54, 1.807) is 0 Å². The molecule has 0 aromatic heterocycles. The standard InChI is InChI=1S/C6H5NO2/c7-3-4-5(8)1-2-6(4)9/h1-4,7H. The molecule has 0 fully saturated rings. The third-order valence-corrected chi connectivity index (χ3v) is 1.19. The number of ketones is 2. The lowest BCUT2D eigenvalue weighted by atomic mass is 10.1. The number of rotatable bonds is 1. The van der Waals surface area contributed by atoms with Crippen molar-refractivity contribution in [1.29, 1.82) is 5.41 Å². The molecule has 1 N–H and O–H groups in total. The van der Waals surface area contributed by atoms with Crippen LogP contribution in [0.25, 0.3) is 0 Å². The summed E-state index contributed by atoms with van der Waals surface area (Å²) in [6.07, 6.45) is 3.28. The molecule has 9 heavy (non-hydrogen) atoms. The molecule has 0 radical (unpaired) electrons. The summed E-state index contributed by atoms with van der Waals surface area (Å²) < 4.78 is 0. The summed E-state index contributed by atoms with van der Waals surface area (Å²) in [5.41, 5.74) is 0. The van der Waals surface area contributed by atoms with Crippen LogP contribution < -0.4 is 0 Å². The van der Waals surface area contributed by atoms with Crippen LogP contribution in [0.15, 0.2) is 12.2 Å². The van der Waals surface area contributed by atoms with Crippen LogP contribution >= 0.6 is 0 Å². The fraction of sp³-hybridized carbons (Fsp3) is 0.167. The molecule has 0 aliphatic heterocycles. The Bertz CT molecular complexity index is 187. The van der Waals surface area contributed by atoms with E-state index in [0.717, 1.165) is 6.21 Å². The Morgan fingerprint density at radius 1 is 1.33 bits per heavy atom. The highest BCUT2D eigenvalue weighted by molar-refractivity contribution is 6.26. The van der Waals surface area contributed by atoms with Crippen molar-refractivity contribution in [1.82, 2.24) is 0 Å². The summed E-state index contributed by atoms with van der Waals surface area (Å²) in [5.74, 6) is -1.38. The third-order valence-electron chi connectivity index (χ3n) is 1.19. The van der Waals surface area contributed by atoms with Gasteiger partial charge in [-0.3, -0.25) is 9.59 Å². The zero-order chi connectivity index (χ0) is 6.85. The van der Waals surface area contributed by atoms with E-state index in [-0.39, 0.29) is 11.6 Å². The molecule has 1 aliphatic carbocycles. The highest BCUT2D eigenvalue weighted by Crippen LogP contribution is 2.06. The number of carbonyl (C=O) groups excluding carboxylic acids is 2. The first-order valence-corrected chi connectivity index (χ1v) is 2.52. The molecule has 0 bridgehead atoms. The molecule has 1 aliphatic rings. The van der Waals surface area contributed by atoms with Gasteiger partial charge in [0, 0.05) is 6.21 Å². The molecule has 3 nitrogen and oxygen atoms in total. The number of hydrogen-bond donors (Lipinski definition) is 1. The van der Waals surface area contributed by atoms with Gasteiger partial charge in [0.05, 0.1) is 0 Å². The number of nitrogens with one attached hydrogen (secondary N) is 1. The lowest BCUT2D eigenvalue weighted by molar-refractivity contribution is -0.122. The largest absolute Gasteiger partial charge is 0.312 e. The molecule has 3 heteroatoms. The minimum Gasteiger partial charge on any atom is -0.312 e. The number of carbonyl (C=O) groups is 2. The molecule has 0 spiro atoms. The van der Waals surface area contributed by atoms with Crippen molar-refractivity contribution in [2.75, 3.05) is 0 Å². The monoisotopic (exact) mass is 123 g/mol. The van der Waals surface area contributed by atoms with Crippen LogP contribution in [0.1, 0.15) is 0 Å². The van der Waals surface area contributed by atoms with Gasteiger partial charge in [0.1, 0.15) is 5.92 Å². The summed E-state index contributed by atoms with van der Waals surface area (Å²) in [7, 11) is 0. The van der Waals surface area contributed by atoms with Crippen molar-refractivity contribution in [3.8, 4) is 0 Å². The SMILES string of the molecule is N=CC1C(=O)C=CC1=O. The van der Waals surface area contributed by atoms with Crippen LogP contribution in [0.4, 0.5) is 0 Å². The molecule has 0 aromatic rings. The van der Waals surface area contributed by atoms with E-state index in [1.165, 1.54) is 12.2 Å². The highest BCUT2D eigenvalue weighted by atomic mass is 16.2. The summed E-state index contributed by atoms with van der Waals surface area (Å²) in [5, 5.41) is 6.65. The van der Waals surface area contributed by atoms with Gasteiger partial charge in [-0.15, -0.1) is 0 Å². The predicted octanol–water partition coefficient (Wildman–Crippen LogP) is -0.0398. The molecule has 0 unspecified atom stereocenters. The van der Waals surface area contributed by atoms with Crippen molar-refractivity contribution in [3.05, 3.63) is 12.2 Å². The molecule has 1 rings (SSSR count). The molecule has 0 saturated heterocycles. The lowest BCUT2D eigenvalue weighted by Gasteiger charge is -1.92. The maximum Gasteiger partial charge on any atom is 0.171 e. The summed E-state index contributed by atoms with van der Waals surface area (Å²) in [6.45, 7) is 0. The minimum atomic E-state index is -0.815. The fourth-order valence-electron chi connectivity index (χ4n) is 0.676. The van der Waals surface area contributed by atoms with E-state index in [9.17, 15) is 9.59 Å². The van der Waals surface area contributed by atoms with Gasteiger partial charge < -0.3 is 5.41 Å². The van der Waals surface area contributed by atoms with Gasteiger partial charge in [0.15, 0.2) is 11.6 Å². The van der Waals surface area contributed by atoms with Gasteiger partial charge in [-0.25, -0.2) is 0 Å². The van der Waals surface area contributed by atoms with Crippen LogP contribution in [0, 0.1) is 11.3 Å². The Morgan fingerprint density at radius 2 is 1.78 bits per heavy atom. The first kappa shape index (κ1) is 5.88. The zero-order valence-corrected chi connectivity index (χ0v) is 4.63. The second-order valence-electron chi connectivity index (χ2n) is 1.78. The first-order valence-electron chi connectivity index (χ1n) is 2.52. The molecular weight excluding hydrogens is 118 g/mol. The second-order valence-corrected chi connectivity index (χ2v) is 1.78. The van der Waals surface area contributed by atoms with E-state index in [0.29, 0.717) is 0 Å². The fourth-order valence-corrected chi connectivity index (χ4v) is 0.676. The third kappa shape index (κ3) is 0.806. The summed E-state index contributed by atoms with van der Waals surface area (Å²) in [4.78, 5) is 21.1. The number of hydrogen-bond acceptors (Lipinski definition) is 3. The average Bonchev–Trinajstić information content (AvgIpc) is 2.12. The molecular formula is C6H5NO2. The topological polar surface area (TPSA) is 58.0 Å². The Hall–Kier alpha value is -1.25. The van der Waals surface area contributed by atoms with Crippen molar-refractivity contribution in [2.24, 2.45) is 5.92 Å². The smallest absolute Gasteiger partial charge is 0.171 e. The van der Waals surface area contributed by atoms with Crippen molar-refractivity contribution >= 4 is 17.8 Å². The summed E-state index contributed by atoms with van der Waals surface area (Å²) >= 11 is 0. The molecule has 0 heterocycles. The van der Waals surface area contributed by atoms with Crippen LogP contribution in [0.3, 0.4) is 0 Å². The molecule has 0 aromatic carbocycles. The summed E-state index contributed by atoms with van der Waals surface area (Å²) in [6, 6.07) is 0. The van der Waals surface area contributed by atoms with Gasteiger partial charge in [0.2, 0.25) is 0 Å². The zero-order valence-electron chi connectivity index (χ0n) is 4.63. The molecule has 0 atom stereocenters. The van der Waals surface area contributed by atoms with Crippen LogP contribution in [-0.4, -0.2) is 17.8 Å². The van der Waals surface area contributed by atoms with E-state index in [2.05, 4.69) is 0 Å². The Labute approximate surface area is 51.9 Å². The second kappa shape index (κ2) is 1.93. The molecule has 0 saturated carbocycles. The maximum atomic E-state index is 10.6. The molecule has 0 amide bonds. The Kier molecular flexibility index (Phi) is 1.26. The van der Waals surface area contributed by atoms with E-state index >= 15 is 0 Å². The Morgan fingerprint density at radius 3 is 2.00 bits per heavy atom. The Balaban J connectivity index is 2.87. The van der Waals surface area contributed by atoms with Crippen molar-refractivity contribution < 1.29 is 9.59 Å². The van der Waals surface area contributed by atoms with E-state index < -0.39 is 5.92 Å². The molecule has 46 valence electrons. The normalized spacial score (nSPS) is 19.1. The van der Waals surface area contributed by atoms with Crippen LogP contribution in [0.2, 0.25) is 0 Å². The van der Waals surface area contributed by atoms with Crippen LogP contribution in [0.5, 0.6) is 0 Å². The van der Waals surface area contributed by atoms with E-state index in [4.69, 9.17) is 5.41 Å².